The fraction of sp³-hybridized carbons (Fsp3) is 0.588. The molecular formula is C17H23NO2. The van der Waals surface area contributed by atoms with Crippen LogP contribution in [0.4, 0.5) is 0 Å². The highest BCUT2D eigenvalue weighted by molar-refractivity contribution is 5.76. The van der Waals surface area contributed by atoms with Gasteiger partial charge in [-0.1, -0.05) is 49.6 Å². The topological polar surface area (TPSA) is 38.3 Å². The maximum absolute atomic E-state index is 12.2. The quantitative estimate of drug-likeness (QED) is 0.860. The molecule has 0 amide bonds. The van der Waals surface area contributed by atoms with Gasteiger partial charge in [0.2, 0.25) is 0 Å². The lowest BCUT2D eigenvalue weighted by Crippen LogP contribution is -2.32. The minimum atomic E-state index is -0.100. The van der Waals surface area contributed by atoms with E-state index in [0.717, 1.165) is 18.5 Å². The summed E-state index contributed by atoms with van der Waals surface area (Å²) in [6.45, 7) is 1.36. The molecule has 108 valence electrons. The zero-order valence-electron chi connectivity index (χ0n) is 11.9. The predicted molar refractivity (Wildman–Crippen MR) is 78.2 cm³/mol. The third kappa shape index (κ3) is 3.04. The number of rotatable bonds is 3. The van der Waals surface area contributed by atoms with Crippen molar-refractivity contribution in [3.63, 3.8) is 0 Å². The molecule has 1 aromatic carbocycles. The van der Waals surface area contributed by atoms with E-state index < -0.39 is 0 Å². The fourth-order valence-corrected chi connectivity index (χ4v) is 3.60. The first-order chi connectivity index (χ1) is 9.77. The van der Waals surface area contributed by atoms with Crippen LogP contribution in [0.25, 0.3) is 0 Å². The lowest BCUT2D eigenvalue weighted by Gasteiger charge is -2.32. The second-order valence-electron chi connectivity index (χ2n) is 6.29. The average molecular weight is 273 g/mol. The standard InChI is InChI=1S/C17H23NO2/c19-16(20-12-14-7-3-1-4-8-14)15-11-17(13-18-15)9-5-2-6-10-17/h1,3-4,7-8,15,18H,2,5-6,9-13H2. The largest absolute Gasteiger partial charge is 0.460 e. The van der Waals surface area contributed by atoms with Crippen LogP contribution in [0.1, 0.15) is 44.1 Å². The molecule has 1 unspecified atom stereocenters. The number of hydrogen-bond donors (Lipinski definition) is 1. The van der Waals surface area contributed by atoms with Crippen LogP contribution in [0.3, 0.4) is 0 Å². The Balaban J connectivity index is 1.51. The van der Waals surface area contributed by atoms with E-state index in [0.29, 0.717) is 12.0 Å². The Kier molecular flexibility index (Phi) is 4.06. The molecule has 3 rings (SSSR count). The van der Waals surface area contributed by atoms with Crippen LogP contribution in [-0.4, -0.2) is 18.6 Å². The van der Waals surface area contributed by atoms with Gasteiger partial charge in [-0.05, 0) is 30.2 Å². The van der Waals surface area contributed by atoms with Gasteiger partial charge in [0.1, 0.15) is 12.6 Å². The van der Waals surface area contributed by atoms with E-state index >= 15 is 0 Å². The molecule has 1 spiro atoms. The Labute approximate surface area is 120 Å². The fourth-order valence-electron chi connectivity index (χ4n) is 3.60. The van der Waals surface area contributed by atoms with Gasteiger partial charge in [0.05, 0.1) is 0 Å². The molecule has 1 saturated heterocycles. The monoisotopic (exact) mass is 273 g/mol. The molecule has 2 fully saturated rings. The van der Waals surface area contributed by atoms with E-state index in [1.165, 1.54) is 32.1 Å². The van der Waals surface area contributed by atoms with E-state index in [2.05, 4.69) is 5.32 Å². The van der Waals surface area contributed by atoms with Crippen molar-refractivity contribution in [2.75, 3.05) is 6.54 Å². The van der Waals surface area contributed by atoms with Crippen molar-refractivity contribution in [1.82, 2.24) is 5.32 Å². The van der Waals surface area contributed by atoms with Gasteiger partial charge in [0, 0.05) is 6.54 Å². The third-order valence-corrected chi connectivity index (χ3v) is 4.78. The number of hydrogen-bond acceptors (Lipinski definition) is 3. The van der Waals surface area contributed by atoms with Crippen LogP contribution in [0.5, 0.6) is 0 Å². The summed E-state index contributed by atoms with van der Waals surface area (Å²) in [6, 6.07) is 9.77. The first-order valence-corrected chi connectivity index (χ1v) is 7.71. The predicted octanol–water partition coefficient (Wildman–Crippen LogP) is 3.04. The van der Waals surface area contributed by atoms with Crippen LogP contribution in [-0.2, 0) is 16.1 Å². The van der Waals surface area contributed by atoms with Crippen molar-refractivity contribution in [3.8, 4) is 0 Å². The molecule has 0 aromatic heterocycles. The zero-order chi connectivity index (χ0) is 13.8. The highest BCUT2D eigenvalue weighted by Crippen LogP contribution is 2.42. The summed E-state index contributed by atoms with van der Waals surface area (Å²) in [5.74, 6) is -0.0868. The third-order valence-electron chi connectivity index (χ3n) is 4.78. The molecule has 1 aliphatic heterocycles. The average Bonchev–Trinajstić information content (AvgIpc) is 2.90. The zero-order valence-corrected chi connectivity index (χ0v) is 11.9. The van der Waals surface area contributed by atoms with Gasteiger partial charge in [0.25, 0.3) is 0 Å². The maximum Gasteiger partial charge on any atom is 0.323 e. The van der Waals surface area contributed by atoms with Crippen LogP contribution in [0, 0.1) is 5.41 Å². The summed E-state index contributed by atoms with van der Waals surface area (Å²) in [7, 11) is 0. The molecule has 0 bridgehead atoms. The molecule has 3 heteroatoms. The van der Waals surface area contributed by atoms with Crippen molar-refractivity contribution >= 4 is 5.97 Å². The smallest absolute Gasteiger partial charge is 0.323 e. The van der Waals surface area contributed by atoms with Crippen LogP contribution >= 0.6 is 0 Å². The van der Waals surface area contributed by atoms with Crippen molar-refractivity contribution in [1.29, 1.82) is 0 Å². The van der Waals surface area contributed by atoms with E-state index in [-0.39, 0.29) is 12.0 Å². The second-order valence-corrected chi connectivity index (χ2v) is 6.29. The van der Waals surface area contributed by atoms with Gasteiger partial charge in [-0.25, -0.2) is 0 Å². The van der Waals surface area contributed by atoms with Crippen molar-refractivity contribution in [2.45, 2.75) is 51.2 Å². The van der Waals surface area contributed by atoms with Crippen molar-refractivity contribution in [3.05, 3.63) is 35.9 Å². The maximum atomic E-state index is 12.2. The minimum Gasteiger partial charge on any atom is -0.460 e. The highest BCUT2D eigenvalue weighted by Gasteiger charge is 2.42. The van der Waals surface area contributed by atoms with Crippen LogP contribution in [0.2, 0.25) is 0 Å². The van der Waals surface area contributed by atoms with E-state index in [9.17, 15) is 4.79 Å². The molecule has 3 nitrogen and oxygen atoms in total. The summed E-state index contributed by atoms with van der Waals surface area (Å²) < 4.78 is 5.44. The number of carbonyl (C=O) groups is 1. The molecular weight excluding hydrogens is 250 g/mol. The summed E-state index contributed by atoms with van der Waals surface area (Å²) in [4.78, 5) is 12.2. The molecule has 1 N–H and O–H groups in total. The number of benzene rings is 1. The lowest BCUT2D eigenvalue weighted by atomic mass is 9.73. The van der Waals surface area contributed by atoms with Gasteiger partial charge in [-0.2, -0.15) is 0 Å². The van der Waals surface area contributed by atoms with Gasteiger partial charge < -0.3 is 10.1 Å². The highest BCUT2D eigenvalue weighted by atomic mass is 16.5. The van der Waals surface area contributed by atoms with E-state index in [4.69, 9.17) is 4.74 Å². The number of carbonyl (C=O) groups excluding carboxylic acids is 1. The molecule has 1 saturated carbocycles. The minimum absolute atomic E-state index is 0.0868. The normalized spacial score (nSPS) is 24.7. The molecule has 20 heavy (non-hydrogen) atoms. The van der Waals surface area contributed by atoms with Gasteiger partial charge >= 0.3 is 5.97 Å². The Morgan fingerprint density at radius 1 is 1.20 bits per heavy atom. The van der Waals surface area contributed by atoms with Crippen molar-refractivity contribution in [2.24, 2.45) is 5.41 Å². The van der Waals surface area contributed by atoms with E-state index in [1.807, 2.05) is 30.3 Å². The number of ether oxygens (including phenoxy) is 1. The lowest BCUT2D eigenvalue weighted by molar-refractivity contribution is -0.147. The summed E-state index contributed by atoms with van der Waals surface area (Å²) >= 11 is 0. The molecule has 1 aliphatic carbocycles. The Hall–Kier alpha value is -1.35. The van der Waals surface area contributed by atoms with Crippen LogP contribution in [0.15, 0.2) is 30.3 Å². The first-order valence-electron chi connectivity index (χ1n) is 7.71. The Bertz CT molecular complexity index is 451. The Morgan fingerprint density at radius 3 is 2.70 bits per heavy atom. The summed E-state index contributed by atoms with van der Waals surface area (Å²) in [6.07, 6.45) is 7.47. The number of esters is 1. The van der Waals surface area contributed by atoms with Crippen molar-refractivity contribution < 1.29 is 9.53 Å². The van der Waals surface area contributed by atoms with Gasteiger partial charge in [0.15, 0.2) is 0 Å². The molecule has 0 radical (unpaired) electrons. The SMILES string of the molecule is O=C(OCc1ccccc1)C1CC2(CCCCC2)CN1. The second kappa shape index (κ2) is 5.96. The van der Waals surface area contributed by atoms with Crippen LogP contribution < -0.4 is 5.32 Å². The summed E-state index contributed by atoms with van der Waals surface area (Å²) in [5.41, 5.74) is 1.42. The molecule has 2 aliphatic rings. The molecule has 1 aromatic rings. The van der Waals surface area contributed by atoms with Gasteiger partial charge in [-0.3, -0.25) is 4.79 Å². The van der Waals surface area contributed by atoms with Gasteiger partial charge in [-0.15, -0.1) is 0 Å². The summed E-state index contributed by atoms with van der Waals surface area (Å²) in [5, 5.41) is 3.38. The molecule has 1 heterocycles. The first kappa shape index (κ1) is 13.6. The Morgan fingerprint density at radius 2 is 1.95 bits per heavy atom. The molecule has 1 atom stereocenters. The van der Waals surface area contributed by atoms with E-state index in [1.54, 1.807) is 0 Å². The number of nitrogens with one attached hydrogen (secondary N) is 1.